The van der Waals surface area contributed by atoms with Gasteiger partial charge in [-0.2, -0.15) is 0 Å². The Hall–Kier alpha value is -1.13. The molecule has 0 bridgehead atoms. The van der Waals surface area contributed by atoms with Crippen LogP contribution in [0.25, 0.3) is 0 Å². The molecule has 0 fully saturated rings. The predicted octanol–water partition coefficient (Wildman–Crippen LogP) is 2.21. The first-order valence-electron chi connectivity index (χ1n) is 5.71. The highest BCUT2D eigenvalue weighted by Gasteiger charge is 2.17. The molecule has 1 aromatic carbocycles. The molecule has 0 aliphatic carbocycles. The molecule has 0 aromatic heterocycles. The molecule has 3 nitrogen and oxygen atoms in total. The second kappa shape index (κ2) is 5.98. The van der Waals surface area contributed by atoms with Gasteiger partial charge in [-0.3, -0.25) is 0 Å². The predicted molar refractivity (Wildman–Crippen MR) is 65.9 cm³/mol. The van der Waals surface area contributed by atoms with E-state index in [1.54, 1.807) is 13.1 Å². The van der Waals surface area contributed by atoms with Crippen molar-refractivity contribution in [3.8, 4) is 5.75 Å². The summed E-state index contributed by atoms with van der Waals surface area (Å²) < 4.78 is 18.8. The van der Waals surface area contributed by atoms with E-state index >= 15 is 0 Å². The van der Waals surface area contributed by atoms with E-state index in [1.165, 1.54) is 13.2 Å². The maximum atomic E-state index is 13.7. The molecular formula is C13H20FNO2. The number of benzene rings is 1. The molecule has 0 spiro atoms. The van der Waals surface area contributed by atoms with Crippen LogP contribution in [0.4, 0.5) is 4.39 Å². The molecule has 0 heterocycles. The van der Waals surface area contributed by atoms with Gasteiger partial charge in [0.15, 0.2) is 0 Å². The van der Waals surface area contributed by atoms with Gasteiger partial charge in [0.1, 0.15) is 11.6 Å². The van der Waals surface area contributed by atoms with Gasteiger partial charge in [-0.15, -0.1) is 0 Å². The molecule has 0 aliphatic rings. The number of halogens is 1. The Balaban J connectivity index is 3.21. The lowest BCUT2D eigenvalue weighted by Gasteiger charge is -2.17. The van der Waals surface area contributed by atoms with Crippen molar-refractivity contribution in [3.05, 3.63) is 29.1 Å². The standard InChI is InChI=1S/C13H20FNO2/c1-8(2)9-5-10(12(16)7-15-3)13(17-4)6-11(9)14/h5-6,8,12,15-16H,7H2,1-4H3. The monoisotopic (exact) mass is 241 g/mol. The van der Waals surface area contributed by atoms with E-state index in [2.05, 4.69) is 5.32 Å². The molecule has 2 N–H and O–H groups in total. The fourth-order valence-corrected chi connectivity index (χ4v) is 1.77. The summed E-state index contributed by atoms with van der Waals surface area (Å²) in [5.41, 5.74) is 1.21. The molecule has 1 atom stereocenters. The number of aliphatic hydroxyl groups excluding tert-OH is 1. The minimum absolute atomic E-state index is 0.0708. The molecule has 96 valence electrons. The van der Waals surface area contributed by atoms with E-state index < -0.39 is 6.10 Å². The van der Waals surface area contributed by atoms with E-state index in [9.17, 15) is 9.50 Å². The summed E-state index contributed by atoms with van der Waals surface area (Å²) in [6.07, 6.45) is -0.701. The number of hydrogen-bond acceptors (Lipinski definition) is 3. The Kier molecular flexibility index (Phi) is 4.90. The minimum Gasteiger partial charge on any atom is -0.496 e. The highest BCUT2D eigenvalue weighted by Crippen LogP contribution is 2.31. The Morgan fingerprint density at radius 1 is 1.35 bits per heavy atom. The van der Waals surface area contributed by atoms with Crippen molar-refractivity contribution in [1.82, 2.24) is 5.32 Å². The van der Waals surface area contributed by atoms with Crippen LogP contribution in [0.3, 0.4) is 0 Å². The van der Waals surface area contributed by atoms with Crippen molar-refractivity contribution < 1.29 is 14.2 Å². The van der Waals surface area contributed by atoms with Gasteiger partial charge in [0.25, 0.3) is 0 Å². The zero-order valence-corrected chi connectivity index (χ0v) is 10.7. The lowest BCUT2D eigenvalue weighted by atomic mass is 9.97. The highest BCUT2D eigenvalue weighted by atomic mass is 19.1. The van der Waals surface area contributed by atoms with Gasteiger partial charge in [0, 0.05) is 18.2 Å². The average molecular weight is 241 g/mol. The Labute approximate surface area is 102 Å². The zero-order chi connectivity index (χ0) is 13.0. The summed E-state index contributed by atoms with van der Waals surface area (Å²) >= 11 is 0. The number of hydrogen-bond donors (Lipinski definition) is 2. The average Bonchev–Trinajstić information content (AvgIpc) is 2.28. The molecule has 0 saturated carbocycles. The highest BCUT2D eigenvalue weighted by molar-refractivity contribution is 5.41. The molecule has 17 heavy (non-hydrogen) atoms. The van der Waals surface area contributed by atoms with Crippen molar-refractivity contribution in [2.24, 2.45) is 0 Å². The van der Waals surface area contributed by atoms with Crippen LogP contribution in [-0.2, 0) is 0 Å². The van der Waals surface area contributed by atoms with Gasteiger partial charge < -0.3 is 15.2 Å². The smallest absolute Gasteiger partial charge is 0.130 e. The molecular weight excluding hydrogens is 221 g/mol. The largest absolute Gasteiger partial charge is 0.496 e. The number of rotatable bonds is 5. The maximum Gasteiger partial charge on any atom is 0.130 e. The second-order valence-corrected chi connectivity index (χ2v) is 4.34. The van der Waals surface area contributed by atoms with E-state index in [-0.39, 0.29) is 11.7 Å². The number of nitrogens with one attached hydrogen (secondary N) is 1. The number of likely N-dealkylation sites (N-methyl/N-ethyl adjacent to an activating group) is 1. The first-order valence-corrected chi connectivity index (χ1v) is 5.71. The summed E-state index contributed by atoms with van der Waals surface area (Å²) in [6, 6.07) is 3.02. The van der Waals surface area contributed by atoms with Crippen LogP contribution in [0.2, 0.25) is 0 Å². The zero-order valence-electron chi connectivity index (χ0n) is 10.7. The molecule has 4 heteroatoms. The van der Waals surface area contributed by atoms with Crippen LogP contribution in [0.5, 0.6) is 5.75 Å². The van der Waals surface area contributed by atoms with Gasteiger partial charge in [-0.25, -0.2) is 4.39 Å². The molecule has 0 saturated heterocycles. The fourth-order valence-electron chi connectivity index (χ4n) is 1.77. The summed E-state index contributed by atoms with van der Waals surface area (Å²) in [6.45, 7) is 4.23. The van der Waals surface area contributed by atoms with Crippen molar-refractivity contribution in [2.75, 3.05) is 20.7 Å². The van der Waals surface area contributed by atoms with Crippen LogP contribution in [0.1, 0.15) is 37.0 Å². The Bertz CT molecular complexity index is 380. The van der Waals surface area contributed by atoms with Gasteiger partial charge in [0.2, 0.25) is 0 Å². The van der Waals surface area contributed by atoms with Crippen LogP contribution >= 0.6 is 0 Å². The normalized spacial score (nSPS) is 12.9. The Morgan fingerprint density at radius 3 is 2.47 bits per heavy atom. The van der Waals surface area contributed by atoms with Gasteiger partial charge in [0.05, 0.1) is 13.2 Å². The van der Waals surface area contributed by atoms with Crippen LogP contribution in [-0.4, -0.2) is 25.8 Å². The second-order valence-electron chi connectivity index (χ2n) is 4.34. The van der Waals surface area contributed by atoms with Gasteiger partial charge in [-0.1, -0.05) is 13.8 Å². The molecule has 1 rings (SSSR count). The van der Waals surface area contributed by atoms with Gasteiger partial charge in [-0.05, 0) is 24.6 Å². The Morgan fingerprint density at radius 2 is 2.00 bits per heavy atom. The van der Waals surface area contributed by atoms with E-state index in [1.807, 2.05) is 13.8 Å². The van der Waals surface area contributed by atoms with E-state index in [0.29, 0.717) is 23.4 Å². The summed E-state index contributed by atoms with van der Waals surface area (Å²) in [5.74, 6) is 0.161. The third-order valence-corrected chi connectivity index (χ3v) is 2.73. The van der Waals surface area contributed by atoms with E-state index in [0.717, 1.165) is 0 Å². The topological polar surface area (TPSA) is 41.5 Å². The minimum atomic E-state index is -0.701. The van der Waals surface area contributed by atoms with Crippen molar-refractivity contribution in [3.63, 3.8) is 0 Å². The van der Waals surface area contributed by atoms with Crippen molar-refractivity contribution in [2.45, 2.75) is 25.9 Å². The number of ether oxygens (including phenoxy) is 1. The first kappa shape index (κ1) is 13.9. The van der Waals surface area contributed by atoms with Crippen LogP contribution in [0.15, 0.2) is 12.1 Å². The van der Waals surface area contributed by atoms with Crippen LogP contribution < -0.4 is 10.1 Å². The number of methoxy groups -OCH3 is 1. The third kappa shape index (κ3) is 3.17. The number of aliphatic hydroxyl groups is 1. The molecule has 0 radical (unpaired) electrons. The lowest BCUT2D eigenvalue weighted by molar-refractivity contribution is 0.173. The van der Waals surface area contributed by atoms with Crippen LogP contribution in [0, 0.1) is 5.82 Å². The molecule has 1 unspecified atom stereocenters. The van der Waals surface area contributed by atoms with E-state index in [4.69, 9.17) is 4.74 Å². The van der Waals surface area contributed by atoms with Gasteiger partial charge >= 0.3 is 0 Å². The summed E-state index contributed by atoms with van der Waals surface area (Å²) in [7, 11) is 3.22. The molecule has 0 aliphatic heterocycles. The molecule has 0 amide bonds. The van der Waals surface area contributed by atoms with Crippen molar-refractivity contribution >= 4 is 0 Å². The summed E-state index contributed by atoms with van der Waals surface area (Å²) in [4.78, 5) is 0. The summed E-state index contributed by atoms with van der Waals surface area (Å²) in [5, 5.41) is 12.8. The van der Waals surface area contributed by atoms with Crippen molar-refractivity contribution in [1.29, 1.82) is 0 Å². The first-order chi connectivity index (χ1) is 8.01. The SMILES string of the molecule is CNCC(O)c1cc(C(C)C)c(F)cc1OC. The third-order valence-electron chi connectivity index (χ3n) is 2.73. The lowest BCUT2D eigenvalue weighted by Crippen LogP contribution is -2.17. The fraction of sp³-hybridized carbons (Fsp3) is 0.538. The quantitative estimate of drug-likeness (QED) is 0.830. The molecule has 1 aromatic rings. The maximum absolute atomic E-state index is 13.7.